The van der Waals surface area contributed by atoms with Gasteiger partial charge in [-0.15, -0.1) is 0 Å². The highest BCUT2D eigenvalue weighted by atomic mass is 16.6. The van der Waals surface area contributed by atoms with Crippen LogP contribution in [0.15, 0.2) is 15.8 Å². The maximum atomic E-state index is 12.0. The number of rotatable bonds is 7. The normalized spacial score (nSPS) is 10.4. The quantitative estimate of drug-likeness (QED) is 0.461. The van der Waals surface area contributed by atoms with E-state index in [-0.39, 0.29) is 19.7 Å². The topological polar surface area (TPSA) is 136 Å². The monoisotopic (exact) mass is 300 g/mol. The van der Waals surface area contributed by atoms with E-state index in [4.69, 9.17) is 5.11 Å². The van der Waals surface area contributed by atoms with Crippen molar-refractivity contribution in [2.24, 2.45) is 0 Å². The molecule has 1 heterocycles. The number of nitro groups is 1. The number of nitrogens with one attached hydrogen (secondary N) is 1. The van der Waals surface area contributed by atoms with E-state index in [1.54, 1.807) is 6.92 Å². The second-order valence-corrected chi connectivity index (χ2v) is 4.21. The van der Waals surface area contributed by atoms with Crippen molar-refractivity contribution in [3.05, 3.63) is 37.1 Å². The first-order chi connectivity index (χ1) is 9.92. The van der Waals surface area contributed by atoms with Crippen LogP contribution in [0.25, 0.3) is 0 Å². The average molecular weight is 300 g/mol. The number of aryl methyl sites for hydroxylation is 1. The second-order valence-electron chi connectivity index (χ2n) is 4.21. The predicted molar refractivity (Wildman–Crippen MR) is 72.0 cm³/mol. The molecule has 116 valence electrons. The lowest BCUT2D eigenvalue weighted by atomic mass is 10.4. The van der Waals surface area contributed by atoms with Gasteiger partial charge in [-0.25, -0.2) is 9.36 Å². The Kier molecular flexibility index (Phi) is 5.79. The molecule has 1 rings (SSSR count). The van der Waals surface area contributed by atoms with Gasteiger partial charge in [-0.05, 0) is 6.42 Å². The number of nitrogens with zero attached hydrogens (tertiary/aromatic N) is 3. The van der Waals surface area contributed by atoms with Crippen LogP contribution in [0.1, 0.15) is 13.3 Å². The second kappa shape index (κ2) is 7.33. The molecular weight excluding hydrogens is 284 g/mol. The third-order valence-electron chi connectivity index (χ3n) is 2.62. The van der Waals surface area contributed by atoms with Crippen molar-refractivity contribution in [2.45, 2.75) is 26.4 Å². The van der Waals surface area contributed by atoms with Crippen molar-refractivity contribution in [3.8, 4) is 0 Å². The molecule has 2 N–H and O–H groups in total. The smallest absolute Gasteiger partial charge is 0.350 e. The molecule has 10 heteroatoms. The van der Waals surface area contributed by atoms with E-state index in [2.05, 4.69) is 5.32 Å². The van der Waals surface area contributed by atoms with Gasteiger partial charge in [-0.3, -0.25) is 24.3 Å². The van der Waals surface area contributed by atoms with Gasteiger partial charge in [0.05, 0.1) is 17.7 Å². The van der Waals surface area contributed by atoms with Crippen molar-refractivity contribution in [1.82, 2.24) is 14.5 Å². The first kappa shape index (κ1) is 16.6. The van der Waals surface area contributed by atoms with Crippen molar-refractivity contribution in [3.63, 3.8) is 0 Å². The number of aliphatic hydroxyl groups excluding tert-OH is 1. The number of aromatic nitrogens is 2. The molecule has 0 fully saturated rings. The maximum Gasteiger partial charge on any atom is 0.350 e. The van der Waals surface area contributed by atoms with Gasteiger partial charge in [0.1, 0.15) is 6.54 Å². The summed E-state index contributed by atoms with van der Waals surface area (Å²) >= 11 is 0. The van der Waals surface area contributed by atoms with Gasteiger partial charge in [-0.1, -0.05) is 6.92 Å². The lowest BCUT2D eigenvalue weighted by Gasteiger charge is -2.09. The SMILES string of the molecule is CCCn1cc([N+](=O)[O-])c(=O)n(CC(=O)NCCO)c1=O. The van der Waals surface area contributed by atoms with E-state index in [0.29, 0.717) is 11.0 Å². The molecule has 0 saturated carbocycles. The summed E-state index contributed by atoms with van der Waals surface area (Å²) in [6, 6.07) is 0. The van der Waals surface area contributed by atoms with Crippen molar-refractivity contribution < 1.29 is 14.8 Å². The Morgan fingerprint density at radius 1 is 1.48 bits per heavy atom. The number of hydrogen-bond acceptors (Lipinski definition) is 6. The van der Waals surface area contributed by atoms with Gasteiger partial charge >= 0.3 is 16.9 Å². The fraction of sp³-hybridized carbons (Fsp3) is 0.545. The van der Waals surface area contributed by atoms with Gasteiger partial charge in [0.15, 0.2) is 0 Å². The molecular formula is C11H16N4O6. The van der Waals surface area contributed by atoms with Gasteiger partial charge in [0.25, 0.3) is 0 Å². The number of aliphatic hydroxyl groups is 1. The minimum Gasteiger partial charge on any atom is -0.395 e. The van der Waals surface area contributed by atoms with Gasteiger partial charge in [-0.2, -0.15) is 0 Å². The van der Waals surface area contributed by atoms with E-state index in [0.717, 1.165) is 10.8 Å². The Morgan fingerprint density at radius 3 is 2.67 bits per heavy atom. The van der Waals surface area contributed by atoms with Gasteiger partial charge in [0, 0.05) is 13.1 Å². The van der Waals surface area contributed by atoms with E-state index in [9.17, 15) is 24.5 Å². The highest BCUT2D eigenvalue weighted by Crippen LogP contribution is 2.01. The summed E-state index contributed by atoms with van der Waals surface area (Å²) in [5.74, 6) is -0.688. The van der Waals surface area contributed by atoms with Crippen molar-refractivity contribution in [2.75, 3.05) is 13.2 Å². The van der Waals surface area contributed by atoms with E-state index < -0.39 is 34.3 Å². The molecule has 0 bridgehead atoms. The van der Waals surface area contributed by atoms with Crippen LogP contribution in [-0.4, -0.2) is 38.2 Å². The summed E-state index contributed by atoms with van der Waals surface area (Å²) in [5.41, 5.74) is -2.68. The van der Waals surface area contributed by atoms with E-state index in [1.165, 1.54) is 0 Å². The summed E-state index contributed by atoms with van der Waals surface area (Å²) in [5, 5.41) is 21.7. The molecule has 0 aliphatic heterocycles. The average Bonchev–Trinajstić information content (AvgIpc) is 2.44. The molecule has 21 heavy (non-hydrogen) atoms. The van der Waals surface area contributed by atoms with Crippen molar-refractivity contribution in [1.29, 1.82) is 0 Å². The molecule has 10 nitrogen and oxygen atoms in total. The third-order valence-corrected chi connectivity index (χ3v) is 2.62. The van der Waals surface area contributed by atoms with E-state index in [1.807, 2.05) is 0 Å². The molecule has 0 saturated heterocycles. The van der Waals surface area contributed by atoms with Gasteiger partial charge < -0.3 is 10.4 Å². The molecule has 0 aliphatic rings. The van der Waals surface area contributed by atoms with Crippen molar-refractivity contribution >= 4 is 11.6 Å². The summed E-state index contributed by atoms with van der Waals surface area (Å²) in [6.07, 6.45) is 1.42. The third kappa shape index (κ3) is 3.99. The molecule has 0 spiro atoms. The lowest BCUT2D eigenvalue weighted by molar-refractivity contribution is -0.387. The first-order valence-corrected chi connectivity index (χ1v) is 6.28. The zero-order valence-electron chi connectivity index (χ0n) is 11.4. The first-order valence-electron chi connectivity index (χ1n) is 6.28. The molecule has 0 unspecified atom stereocenters. The van der Waals surface area contributed by atoms with Crippen LogP contribution in [-0.2, 0) is 17.9 Å². The zero-order chi connectivity index (χ0) is 16.0. The number of carbonyl (C=O) groups excluding carboxylic acids is 1. The Hall–Kier alpha value is -2.49. The predicted octanol–water partition coefficient (Wildman–Crippen LogP) is -1.56. The Bertz CT molecular complexity index is 647. The Balaban J connectivity index is 3.28. The molecule has 1 aromatic rings. The highest BCUT2D eigenvalue weighted by Gasteiger charge is 2.20. The molecule has 1 amide bonds. The largest absolute Gasteiger partial charge is 0.395 e. The fourth-order valence-electron chi connectivity index (χ4n) is 1.70. The highest BCUT2D eigenvalue weighted by molar-refractivity contribution is 5.75. The standard InChI is InChI=1S/C11H16N4O6/c1-2-4-13-6-8(15(20)21)10(18)14(11(13)19)7-9(17)12-3-5-16/h6,16H,2-5,7H2,1H3,(H,12,17). The van der Waals surface area contributed by atoms with E-state index >= 15 is 0 Å². The van der Waals surface area contributed by atoms with Crippen LogP contribution in [0.5, 0.6) is 0 Å². The minimum absolute atomic E-state index is 0.0361. The summed E-state index contributed by atoms with van der Waals surface area (Å²) in [4.78, 5) is 45.4. The zero-order valence-corrected chi connectivity index (χ0v) is 11.4. The Morgan fingerprint density at radius 2 is 2.14 bits per heavy atom. The van der Waals surface area contributed by atoms with Crippen LogP contribution in [0.4, 0.5) is 5.69 Å². The molecule has 0 atom stereocenters. The number of hydrogen-bond donors (Lipinski definition) is 2. The number of amides is 1. The fourth-order valence-corrected chi connectivity index (χ4v) is 1.70. The summed E-state index contributed by atoms with van der Waals surface area (Å²) in [7, 11) is 0. The van der Waals surface area contributed by atoms with Crippen LogP contribution in [0, 0.1) is 10.1 Å². The van der Waals surface area contributed by atoms with Crippen LogP contribution >= 0.6 is 0 Å². The molecule has 0 aromatic carbocycles. The molecule has 0 radical (unpaired) electrons. The summed E-state index contributed by atoms with van der Waals surface area (Å²) < 4.78 is 1.54. The lowest BCUT2D eigenvalue weighted by Crippen LogP contribution is -2.44. The maximum absolute atomic E-state index is 12.0. The van der Waals surface area contributed by atoms with Crippen LogP contribution in [0.2, 0.25) is 0 Å². The van der Waals surface area contributed by atoms with Crippen LogP contribution < -0.4 is 16.6 Å². The van der Waals surface area contributed by atoms with Gasteiger partial charge in [0.2, 0.25) is 5.91 Å². The molecule has 0 aliphatic carbocycles. The number of carbonyl (C=O) groups is 1. The Labute approximate surface area is 118 Å². The minimum atomic E-state index is -1.13. The summed E-state index contributed by atoms with van der Waals surface area (Å²) in [6.45, 7) is 0.990. The molecule has 1 aromatic heterocycles. The van der Waals surface area contributed by atoms with Crippen LogP contribution in [0.3, 0.4) is 0 Å².